The van der Waals surface area contributed by atoms with Crippen molar-refractivity contribution in [3.05, 3.63) is 63.2 Å². The Hall–Kier alpha value is -3.62. The Balaban J connectivity index is 1.53. The van der Waals surface area contributed by atoms with Gasteiger partial charge in [0.05, 0.1) is 6.42 Å². The number of ether oxygens (including phenoxy) is 1. The average Bonchev–Trinajstić information content (AvgIpc) is 3.38. The molecule has 3 heterocycles. The fourth-order valence-corrected chi connectivity index (χ4v) is 4.08. The second kappa shape index (κ2) is 9.89. The first-order valence-corrected chi connectivity index (χ1v) is 11.4. The molecular formula is C24H29N5O4. The number of imidazole rings is 1. The molecule has 0 aliphatic carbocycles. The molecule has 0 atom stereocenters. The molecule has 33 heavy (non-hydrogen) atoms. The maximum absolute atomic E-state index is 12.6. The number of aromatic nitrogens is 5. The highest BCUT2D eigenvalue weighted by Gasteiger charge is 2.19. The Morgan fingerprint density at radius 3 is 2.64 bits per heavy atom. The highest BCUT2D eigenvalue weighted by atomic mass is 16.5. The van der Waals surface area contributed by atoms with E-state index in [0.29, 0.717) is 36.6 Å². The van der Waals surface area contributed by atoms with Crippen molar-refractivity contribution < 1.29 is 9.53 Å². The topological polar surface area (TPSA) is 104 Å². The molecule has 0 saturated heterocycles. The Morgan fingerprint density at radius 2 is 1.85 bits per heavy atom. The summed E-state index contributed by atoms with van der Waals surface area (Å²) in [7, 11) is 0. The number of H-pyrrole nitrogens is 1. The monoisotopic (exact) mass is 451 g/mol. The predicted octanol–water partition coefficient (Wildman–Crippen LogP) is 3.18. The maximum Gasteiger partial charge on any atom is 0.330 e. The van der Waals surface area contributed by atoms with E-state index in [2.05, 4.69) is 9.97 Å². The molecule has 9 nitrogen and oxygen atoms in total. The van der Waals surface area contributed by atoms with Crippen LogP contribution in [-0.4, -0.2) is 29.6 Å². The zero-order valence-corrected chi connectivity index (χ0v) is 19.0. The Labute approximate surface area is 190 Å². The molecule has 1 N–H and O–H groups in total. The lowest BCUT2D eigenvalue weighted by Crippen LogP contribution is -2.31. The molecule has 9 heteroatoms. The van der Waals surface area contributed by atoms with Crippen LogP contribution >= 0.6 is 0 Å². The molecule has 0 unspecified atom stereocenters. The molecular weight excluding hydrogens is 422 g/mol. The number of aryl methyl sites for hydroxylation is 3. The lowest BCUT2D eigenvalue weighted by molar-refractivity contribution is -0.145. The van der Waals surface area contributed by atoms with Gasteiger partial charge in [-0.25, -0.2) is 9.78 Å². The first kappa shape index (κ1) is 22.6. The van der Waals surface area contributed by atoms with Gasteiger partial charge in [-0.1, -0.05) is 38.5 Å². The Bertz CT molecular complexity index is 1390. The molecule has 0 aliphatic rings. The summed E-state index contributed by atoms with van der Waals surface area (Å²) in [6.07, 6.45) is 4.64. The number of carbonyl (C=O) groups excluding carboxylic acids is 1. The molecule has 3 aromatic heterocycles. The number of rotatable bonds is 10. The molecule has 0 radical (unpaired) electrons. The molecule has 4 rings (SSSR count). The minimum absolute atomic E-state index is 0.0542. The van der Waals surface area contributed by atoms with E-state index in [1.54, 1.807) is 4.57 Å². The van der Waals surface area contributed by atoms with E-state index in [9.17, 15) is 14.4 Å². The van der Waals surface area contributed by atoms with Crippen molar-refractivity contribution in [3.8, 4) is 0 Å². The number of nitrogens with one attached hydrogen (secondary N) is 1. The van der Waals surface area contributed by atoms with Gasteiger partial charge >= 0.3 is 11.7 Å². The summed E-state index contributed by atoms with van der Waals surface area (Å²) in [6, 6.07) is 10.0. The summed E-state index contributed by atoms with van der Waals surface area (Å²) in [5, 5.41) is 1.12. The third kappa shape index (κ3) is 4.62. The smallest absolute Gasteiger partial charge is 0.330 e. The van der Waals surface area contributed by atoms with Gasteiger partial charge in [0, 0.05) is 31.3 Å². The molecule has 0 spiro atoms. The molecule has 174 valence electrons. The van der Waals surface area contributed by atoms with Crippen molar-refractivity contribution in [2.24, 2.45) is 0 Å². The number of unbranched alkanes of at least 4 members (excludes halogenated alkanes) is 1. The number of aromatic amines is 1. The fourth-order valence-electron chi connectivity index (χ4n) is 4.08. The summed E-state index contributed by atoms with van der Waals surface area (Å²) in [6.45, 7) is 5.48. The van der Waals surface area contributed by atoms with Gasteiger partial charge in [-0.15, -0.1) is 0 Å². The van der Waals surface area contributed by atoms with Crippen molar-refractivity contribution in [3.63, 3.8) is 0 Å². The number of esters is 1. The Kier molecular flexibility index (Phi) is 6.76. The van der Waals surface area contributed by atoms with Crippen molar-refractivity contribution >= 4 is 28.0 Å². The molecule has 0 aliphatic heterocycles. The van der Waals surface area contributed by atoms with Crippen LogP contribution in [0.25, 0.3) is 22.1 Å². The minimum Gasteiger partial charge on any atom is -0.457 e. The summed E-state index contributed by atoms with van der Waals surface area (Å²) >= 11 is 0. The van der Waals surface area contributed by atoms with E-state index < -0.39 is 11.2 Å². The van der Waals surface area contributed by atoms with E-state index in [4.69, 9.17) is 4.74 Å². The highest BCUT2D eigenvalue weighted by molar-refractivity contribution is 5.80. The van der Waals surface area contributed by atoms with Crippen LogP contribution in [0.5, 0.6) is 0 Å². The van der Waals surface area contributed by atoms with Crippen LogP contribution in [0.15, 0.2) is 46.1 Å². The van der Waals surface area contributed by atoms with Gasteiger partial charge in [0.1, 0.15) is 12.4 Å². The normalized spacial score (nSPS) is 11.5. The molecule has 4 aromatic rings. The summed E-state index contributed by atoms with van der Waals surface area (Å²) in [4.78, 5) is 44.4. The standard InChI is InChI=1S/C24H29N5O4/c1-3-5-13-29-22-21(23(31)26-24(29)32)28(12-4-2)19(25-22)16-33-20(30)11-15-27-14-10-17-8-6-7-9-18(17)27/h6-10,14H,3-5,11-13,15-16H2,1-2H3,(H,26,31,32). The third-order valence-electron chi connectivity index (χ3n) is 5.75. The van der Waals surface area contributed by atoms with Crippen molar-refractivity contribution in [1.29, 1.82) is 0 Å². The number of para-hydroxylation sites is 1. The molecule has 0 bridgehead atoms. The van der Waals surface area contributed by atoms with Gasteiger partial charge in [-0.05, 0) is 30.4 Å². The number of nitrogens with zero attached hydrogens (tertiary/aromatic N) is 4. The zero-order valence-electron chi connectivity index (χ0n) is 19.0. The average molecular weight is 452 g/mol. The van der Waals surface area contributed by atoms with Crippen molar-refractivity contribution in [2.45, 2.75) is 65.8 Å². The van der Waals surface area contributed by atoms with E-state index >= 15 is 0 Å². The first-order chi connectivity index (χ1) is 16.0. The molecule has 0 fully saturated rings. The second-order valence-electron chi connectivity index (χ2n) is 8.09. The van der Waals surface area contributed by atoms with E-state index in [1.165, 1.54) is 4.57 Å². The van der Waals surface area contributed by atoms with E-state index in [-0.39, 0.29) is 19.0 Å². The number of benzene rings is 1. The van der Waals surface area contributed by atoms with Crippen LogP contribution in [0.2, 0.25) is 0 Å². The van der Waals surface area contributed by atoms with Gasteiger partial charge in [0.25, 0.3) is 5.56 Å². The van der Waals surface area contributed by atoms with Crippen LogP contribution in [-0.2, 0) is 35.8 Å². The van der Waals surface area contributed by atoms with Crippen LogP contribution in [0.3, 0.4) is 0 Å². The van der Waals surface area contributed by atoms with Gasteiger partial charge in [-0.2, -0.15) is 0 Å². The van der Waals surface area contributed by atoms with Crippen LogP contribution in [0.4, 0.5) is 0 Å². The zero-order chi connectivity index (χ0) is 23.4. The molecule has 0 saturated carbocycles. The van der Waals surface area contributed by atoms with Gasteiger partial charge in [-0.3, -0.25) is 19.1 Å². The first-order valence-electron chi connectivity index (χ1n) is 11.4. The third-order valence-corrected chi connectivity index (χ3v) is 5.75. The number of carbonyl (C=O) groups is 1. The molecule has 1 aromatic carbocycles. The highest BCUT2D eigenvalue weighted by Crippen LogP contribution is 2.17. The maximum atomic E-state index is 12.6. The van der Waals surface area contributed by atoms with Gasteiger partial charge in [0.2, 0.25) is 0 Å². The van der Waals surface area contributed by atoms with Gasteiger partial charge in [0.15, 0.2) is 11.2 Å². The Morgan fingerprint density at radius 1 is 1.03 bits per heavy atom. The number of fused-ring (bicyclic) bond motifs is 2. The van der Waals surface area contributed by atoms with Gasteiger partial charge < -0.3 is 13.9 Å². The predicted molar refractivity (Wildman–Crippen MR) is 126 cm³/mol. The summed E-state index contributed by atoms with van der Waals surface area (Å²) < 4.78 is 10.8. The molecule has 0 amide bonds. The summed E-state index contributed by atoms with van der Waals surface area (Å²) in [5.41, 5.74) is 0.817. The van der Waals surface area contributed by atoms with E-state index in [0.717, 1.165) is 30.2 Å². The van der Waals surface area contributed by atoms with E-state index in [1.807, 2.05) is 54.9 Å². The summed E-state index contributed by atoms with van der Waals surface area (Å²) in [5.74, 6) is 0.119. The van der Waals surface area contributed by atoms with Crippen molar-refractivity contribution in [1.82, 2.24) is 23.7 Å². The quantitative estimate of drug-likeness (QED) is 0.373. The van der Waals surface area contributed by atoms with Crippen LogP contribution in [0.1, 0.15) is 45.4 Å². The minimum atomic E-state index is -0.472. The van der Waals surface area contributed by atoms with Crippen LogP contribution in [0, 0.1) is 0 Å². The lowest BCUT2D eigenvalue weighted by atomic mass is 10.2. The largest absolute Gasteiger partial charge is 0.457 e. The van der Waals surface area contributed by atoms with Crippen molar-refractivity contribution in [2.75, 3.05) is 0 Å². The second-order valence-corrected chi connectivity index (χ2v) is 8.09. The fraction of sp³-hybridized carbons (Fsp3) is 0.417. The lowest BCUT2D eigenvalue weighted by Gasteiger charge is -2.09. The SMILES string of the molecule is CCCCn1c(=O)[nH]c(=O)c2c1nc(COC(=O)CCn1ccc3ccccc31)n2CCC. The number of hydrogen-bond donors (Lipinski definition) is 1. The van der Waals surface area contributed by atoms with Crippen LogP contribution < -0.4 is 11.2 Å². The number of hydrogen-bond acceptors (Lipinski definition) is 5.